The number of aromatic nitrogens is 2. The van der Waals surface area contributed by atoms with Crippen molar-refractivity contribution in [2.45, 2.75) is 26.8 Å². The normalized spacial score (nSPS) is 11.0. The third kappa shape index (κ3) is 3.04. The van der Waals surface area contributed by atoms with Gasteiger partial charge in [-0.25, -0.2) is 0 Å². The van der Waals surface area contributed by atoms with Crippen molar-refractivity contribution in [2.24, 2.45) is 0 Å². The lowest BCUT2D eigenvalue weighted by Gasteiger charge is -2.06. The average Bonchev–Trinajstić information content (AvgIpc) is 3.09. The summed E-state index contributed by atoms with van der Waals surface area (Å²) in [7, 11) is 0. The molecule has 3 aromatic rings. The van der Waals surface area contributed by atoms with Gasteiger partial charge in [0.1, 0.15) is 0 Å². The van der Waals surface area contributed by atoms with E-state index in [1.165, 1.54) is 16.9 Å². The third-order valence-corrected chi connectivity index (χ3v) is 4.72. The molecule has 4 nitrogen and oxygen atoms in total. The van der Waals surface area contributed by atoms with Gasteiger partial charge in [0.25, 0.3) is 5.91 Å². The summed E-state index contributed by atoms with van der Waals surface area (Å²) in [6, 6.07) is 8.31. The SMILES string of the molecule is Cc1ccc2cnn(CCCNC(=O)c3sccc3C)c2c1. The minimum absolute atomic E-state index is 0.0219. The van der Waals surface area contributed by atoms with E-state index in [-0.39, 0.29) is 5.91 Å². The third-order valence-electron chi connectivity index (χ3n) is 3.70. The standard InChI is InChI=1S/C17H19N3OS/c1-12-4-5-14-11-19-20(15(14)10-12)8-3-7-18-17(21)16-13(2)6-9-22-16/h4-6,9-11H,3,7-8H2,1-2H3,(H,18,21). The molecule has 2 heterocycles. The van der Waals surface area contributed by atoms with Crippen LogP contribution in [0.15, 0.2) is 35.8 Å². The first-order valence-electron chi connectivity index (χ1n) is 7.39. The number of fused-ring (bicyclic) bond motifs is 1. The van der Waals surface area contributed by atoms with Gasteiger partial charge in [0.05, 0.1) is 16.6 Å². The Bertz CT molecular complexity index is 803. The maximum Gasteiger partial charge on any atom is 0.261 e. The second-order valence-electron chi connectivity index (χ2n) is 5.47. The van der Waals surface area contributed by atoms with E-state index >= 15 is 0 Å². The highest BCUT2D eigenvalue weighted by atomic mass is 32.1. The van der Waals surface area contributed by atoms with Crippen molar-refractivity contribution < 1.29 is 4.79 Å². The van der Waals surface area contributed by atoms with Gasteiger partial charge in [-0.05, 0) is 48.9 Å². The maximum absolute atomic E-state index is 12.0. The Hall–Kier alpha value is -2.14. The Morgan fingerprint density at radius 3 is 2.95 bits per heavy atom. The van der Waals surface area contributed by atoms with E-state index in [0.29, 0.717) is 6.54 Å². The van der Waals surface area contributed by atoms with E-state index in [4.69, 9.17) is 0 Å². The van der Waals surface area contributed by atoms with Crippen LogP contribution in [0.3, 0.4) is 0 Å². The van der Waals surface area contributed by atoms with E-state index in [1.807, 2.05) is 29.2 Å². The largest absolute Gasteiger partial charge is 0.351 e. The summed E-state index contributed by atoms with van der Waals surface area (Å²) in [6.07, 6.45) is 2.75. The fourth-order valence-corrected chi connectivity index (χ4v) is 3.32. The Balaban J connectivity index is 1.55. The Kier molecular flexibility index (Phi) is 4.24. The smallest absolute Gasteiger partial charge is 0.261 e. The molecule has 0 radical (unpaired) electrons. The second-order valence-corrected chi connectivity index (χ2v) is 6.39. The molecule has 0 atom stereocenters. The van der Waals surface area contributed by atoms with E-state index in [1.54, 1.807) is 0 Å². The molecule has 0 aliphatic rings. The molecule has 0 fully saturated rings. The molecule has 0 spiro atoms. The minimum atomic E-state index is 0.0219. The molecule has 5 heteroatoms. The molecular formula is C17H19N3OS. The molecule has 3 rings (SSSR count). The number of nitrogens with zero attached hydrogens (tertiary/aromatic N) is 2. The number of hydrogen-bond acceptors (Lipinski definition) is 3. The molecule has 0 aliphatic carbocycles. The number of benzene rings is 1. The van der Waals surface area contributed by atoms with Crippen molar-refractivity contribution in [1.29, 1.82) is 0 Å². The van der Waals surface area contributed by atoms with Crippen molar-refractivity contribution in [3.63, 3.8) is 0 Å². The van der Waals surface area contributed by atoms with Crippen LogP contribution in [0, 0.1) is 13.8 Å². The highest BCUT2D eigenvalue weighted by Crippen LogP contribution is 2.16. The summed E-state index contributed by atoms with van der Waals surface area (Å²) in [4.78, 5) is 12.8. The molecule has 0 unspecified atom stereocenters. The Labute approximate surface area is 133 Å². The van der Waals surface area contributed by atoms with Crippen molar-refractivity contribution in [2.75, 3.05) is 6.54 Å². The van der Waals surface area contributed by atoms with Gasteiger partial charge in [-0.2, -0.15) is 5.10 Å². The molecular weight excluding hydrogens is 294 g/mol. The number of aryl methyl sites for hydroxylation is 3. The van der Waals surface area contributed by atoms with E-state index in [2.05, 4.69) is 35.5 Å². The van der Waals surface area contributed by atoms with Gasteiger partial charge < -0.3 is 5.32 Å². The molecule has 1 aromatic carbocycles. The minimum Gasteiger partial charge on any atom is -0.351 e. The number of carbonyl (C=O) groups excluding carboxylic acids is 1. The number of nitrogens with one attached hydrogen (secondary N) is 1. The number of carbonyl (C=O) groups is 1. The fourth-order valence-electron chi connectivity index (χ4n) is 2.48. The number of hydrogen-bond donors (Lipinski definition) is 1. The first-order chi connectivity index (χ1) is 10.6. The lowest BCUT2D eigenvalue weighted by molar-refractivity contribution is 0.0956. The molecule has 0 saturated carbocycles. The lowest BCUT2D eigenvalue weighted by Crippen LogP contribution is -2.25. The Morgan fingerprint density at radius 1 is 1.32 bits per heavy atom. The zero-order valence-corrected chi connectivity index (χ0v) is 13.6. The highest BCUT2D eigenvalue weighted by Gasteiger charge is 2.09. The van der Waals surface area contributed by atoms with Gasteiger partial charge in [0.15, 0.2) is 0 Å². The zero-order chi connectivity index (χ0) is 15.5. The van der Waals surface area contributed by atoms with Crippen LogP contribution in [0.25, 0.3) is 10.9 Å². The van der Waals surface area contributed by atoms with Crippen molar-refractivity contribution in [3.05, 3.63) is 51.8 Å². The molecule has 0 bridgehead atoms. The van der Waals surface area contributed by atoms with Gasteiger partial charge in [-0.15, -0.1) is 11.3 Å². The van der Waals surface area contributed by atoms with Gasteiger partial charge in [0.2, 0.25) is 0 Å². The molecule has 0 saturated heterocycles. The molecule has 2 aromatic heterocycles. The van der Waals surface area contributed by atoms with Crippen molar-refractivity contribution in [1.82, 2.24) is 15.1 Å². The highest BCUT2D eigenvalue weighted by molar-refractivity contribution is 7.12. The molecule has 1 amide bonds. The quantitative estimate of drug-likeness (QED) is 0.732. The fraction of sp³-hybridized carbons (Fsp3) is 0.294. The van der Waals surface area contributed by atoms with Gasteiger partial charge in [-0.3, -0.25) is 9.48 Å². The summed E-state index contributed by atoms with van der Waals surface area (Å²) in [5.41, 5.74) is 3.42. The summed E-state index contributed by atoms with van der Waals surface area (Å²) in [6.45, 7) is 5.50. The van der Waals surface area contributed by atoms with Gasteiger partial charge in [-0.1, -0.05) is 12.1 Å². The number of rotatable bonds is 5. The van der Waals surface area contributed by atoms with Crippen LogP contribution in [0.4, 0.5) is 0 Å². The van der Waals surface area contributed by atoms with Crippen LogP contribution >= 0.6 is 11.3 Å². The number of amides is 1. The predicted octanol–water partition coefficient (Wildman–Crippen LogP) is 3.53. The summed E-state index contributed by atoms with van der Waals surface area (Å²) in [5, 5.41) is 10.5. The van der Waals surface area contributed by atoms with Crippen molar-refractivity contribution in [3.8, 4) is 0 Å². The topological polar surface area (TPSA) is 46.9 Å². The zero-order valence-electron chi connectivity index (χ0n) is 12.8. The van der Waals surface area contributed by atoms with Gasteiger partial charge in [0, 0.05) is 18.5 Å². The van der Waals surface area contributed by atoms with Gasteiger partial charge >= 0.3 is 0 Å². The Morgan fingerprint density at radius 2 is 2.18 bits per heavy atom. The molecule has 114 valence electrons. The van der Waals surface area contributed by atoms with Crippen molar-refractivity contribution >= 4 is 28.1 Å². The van der Waals surface area contributed by atoms with Crippen LogP contribution < -0.4 is 5.32 Å². The van der Waals surface area contributed by atoms with Crippen LogP contribution in [0.5, 0.6) is 0 Å². The summed E-state index contributed by atoms with van der Waals surface area (Å²) in [5.74, 6) is 0.0219. The average molecular weight is 313 g/mol. The van der Waals surface area contributed by atoms with E-state index in [9.17, 15) is 4.79 Å². The second kappa shape index (κ2) is 6.32. The van der Waals surface area contributed by atoms with Crippen LogP contribution in [0.2, 0.25) is 0 Å². The number of thiophene rings is 1. The molecule has 0 aliphatic heterocycles. The van der Waals surface area contributed by atoms with E-state index < -0.39 is 0 Å². The van der Waals surface area contributed by atoms with Crippen LogP contribution in [-0.2, 0) is 6.54 Å². The monoisotopic (exact) mass is 313 g/mol. The lowest BCUT2D eigenvalue weighted by atomic mass is 10.2. The van der Waals surface area contributed by atoms with Crippen LogP contribution in [-0.4, -0.2) is 22.2 Å². The maximum atomic E-state index is 12.0. The first kappa shape index (κ1) is 14.8. The van der Waals surface area contributed by atoms with Crippen LogP contribution in [0.1, 0.15) is 27.2 Å². The first-order valence-corrected chi connectivity index (χ1v) is 8.27. The van der Waals surface area contributed by atoms with E-state index in [0.717, 1.165) is 34.3 Å². The summed E-state index contributed by atoms with van der Waals surface area (Å²) >= 11 is 1.49. The molecule has 1 N–H and O–H groups in total. The molecule has 22 heavy (non-hydrogen) atoms. The summed E-state index contributed by atoms with van der Waals surface area (Å²) < 4.78 is 2.00. The predicted molar refractivity (Wildman–Crippen MR) is 90.5 cm³/mol.